The first kappa shape index (κ1) is 13.8. The highest BCUT2D eigenvalue weighted by atomic mass is 19.1. The Kier molecular flexibility index (Phi) is 4.69. The van der Waals surface area contributed by atoms with Crippen molar-refractivity contribution in [1.82, 2.24) is 4.90 Å². The highest BCUT2D eigenvalue weighted by molar-refractivity contribution is 5.64. The molecule has 1 nitrogen and oxygen atoms in total. The second kappa shape index (κ2) is 6.48. The second-order valence-electron chi connectivity index (χ2n) is 5.12. The van der Waals surface area contributed by atoms with Gasteiger partial charge in [-0.3, -0.25) is 0 Å². The zero-order valence-electron chi connectivity index (χ0n) is 11.6. The van der Waals surface area contributed by atoms with Crippen LogP contribution < -0.4 is 0 Å². The summed E-state index contributed by atoms with van der Waals surface area (Å²) in [5, 5.41) is 0. The van der Waals surface area contributed by atoms with E-state index in [0.29, 0.717) is 0 Å². The third kappa shape index (κ3) is 4.18. The summed E-state index contributed by atoms with van der Waals surface area (Å²) < 4.78 is 13.2. The first-order chi connectivity index (χ1) is 9.15. The van der Waals surface area contributed by atoms with E-state index in [1.54, 1.807) is 12.1 Å². The van der Waals surface area contributed by atoms with Gasteiger partial charge >= 0.3 is 0 Å². The van der Waals surface area contributed by atoms with Crippen LogP contribution in [0.25, 0.3) is 11.1 Å². The molecule has 0 aliphatic heterocycles. The zero-order chi connectivity index (χ0) is 13.7. The van der Waals surface area contributed by atoms with E-state index in [9.17, 15) is 4.39 Å². The molecule has 2 heteroatoms. The standard InChI is InChI=1S/C17H20FN/c1-19(2)11-5-7-14-6-3-8-15(12-14)16-9-4-10-17(18)13-16/h3-4,6,8-10,12-13H,5,7,11H2,1-2H3. The number of hydrogen-bond donors (Lipinski definition) is 0. The van der Waals surface area contributed by atoms with E-state index >= 15 is 0 Å². The Balaban J connectivity index is 2.11. The van der Waals surface area contributed by atoms with Crippen LogP contribution in [-0.4, -0.2) is 25.5 Å². The van der Waals surface area contributed by atoms with E-state index in [2.05, 4.69) is 31.1 Å². The van der Waals surface area contributed by atoms with Crippen molar-refractivity contribution in [1.29, 1.82) is 0 Å². The lowest BCUT2D eigenvalue weighted by molar-refractivity contribution is 0.400. The minimum Gasteiger partial charge on any atom is -0.309 e. The number of rotatable bonds is 5. The van der Waals surface area contributed by atoms with Crippen molar-refractivity contribution in [2.45, 2.75) is 12.8 Å². The fraction of sp³-hybridized carbons (Fsp3) is 0.294. The van der Waals surface area contributed by atoms with Gasteiger partial charge in [0.2, 0.25) is 0 Å². The lowest BCUT2D eigenvalue weighted by atomic mass is 10.0. The van der Waals surface area contributed by atoms with Gasteiger partial charge in [-0.15, -0.1) is 0 Å². The molecule has 0 bridgehead atoms. The Labute approximate surface area is 114 Å². The normalized spacial score (nSPS) is 10.9. The van der Waals surface area contributed by atoms with E-state index in [0.717, 1.165) is 30.5 Å². The van der Waals surface area contributed by atoms with Gasteiger partial charge < -0.3 is 4.90 Å². The molecule has 0 heterocycles. The van der Waals surface area contributed by atoms with E-state index in [1.807, 2.05) is 18.2 Å². The molecule has 2 aromatic carbocycles. The number of aryl methyl sites for hydroxylation is 1. The summed E-state index contributed by atoms with van der Waals surface area (Å²) in [5.74, 6) is -0.185. The summed E-state index contributed by atoms with van der Waals surface area (Å²) in [6, 6.07) is 15.1. The lowest BCUT2D eigenvalue weighted by Gasteiger charge is -2.10. The highest BCUT2D eigenvalue weighted by Gasteiger charge is 2.01. The van der Waals surface area contributed by atoms with Crippen LogP contribution in [0.5, 0.6) is 0 Å². The summed E-state index contributed by atoms with van der Waals surface area (Å²) in [4.78, 5) is 2.19. The smallest absolute Gasteiger partial charge is 0.123 e. The molecule has 2 aromatic rings. The van der Waals surface area contributed by atoms with E-state index in [1.165, 1.54) is 11.6 Å². The summed E-state index contributed by atoms with van der Waals surface area (Å²) in [5.41, 5.74) is 3.33. The van der Waals surface area contributed by atoms with E-state index < -0.39 is 0 Å². The van der Waals surface area contributed by atoms with Crippen molar-refractivity contribution >= 4 is 0 Å². The Morgan fingerprint density at radius 2 is 1.63 bits per heavy atom. The van der Waals surface area contributed by atoms with Crippen LogP contribution in [0.1, 0.15) is 12.0 Å². The molecule has 19 heavy (non-hydrogen) atoms. The zero-order valence-corrected chi connectivity index (χ0v) is 11.6. The van der Waals surface area contributed by atoms with Crippen molar-refractivity contribution in [3.05, 3.63) is 59.9 Å². The van der Waals surface area contributed by atoms with Crippen molar-refractivity contribution in [3.8, 4) is 11.1 Å². The summed E-state index contributed by atoms with van der Waals surface area (Å²) in [6.07, 6.45) is 2.20. The Hall–Kier alpha value is -1.67. The molecule has 0 spiro atoms. The summed E-state index contributed by atoms with van der Waals surface area (Å²) in [7, 11) is 4.17. The first-order valence-electron chi connectivity index (χ1n) is 6.65. The van der Waals surface area contributed by atoms with Crippen LogP contribution in [0.15, 0.2) is 48.5 Å². The van der Waals surface area contributed by atoms with Crippen LogP contribution in [0.3, 0.4) is 0 Å². The molecule has 0 saturated heterocycles. The SMILES string of the molecule is CN(C)CCCc1cccc(-c2cccc(F)c2)c1. The van der Waals surface area contributed by atoms with Crippen LogP contribution in [0.2, 0.25) is 0 Å². The molecule has 0 aromatic heterocycles. The van der Waals surface area contributed by atoms with Gasteiger partial charge in [-0.2, -0.15) is 0 Å². The molecule has 0 aliphatic rings. The molecular formula is C17H20FN. The number of halogens is 1. The lowest BCUT2D eigenvalue weighted by Crippen LogP contribution is -2.13. The van der Waals surface area contributed by atoms with Gasteiger partial charge in [0.15, 0.2) is 0 Å². The second-order valence-corrected chi connectivity index (χ2v) is 5.12. The molecule has 0 N–H and O–H groups in total. The summed E-state index contributed by atoms with van der Waals surface area (Å²) >= 11 is 0. The maximum atomic E-state index is 13.2. The number of hydrogen-bond acceptors (Lipinski definition) is 1. The van der Waals surface area contributed by atoms with Gasteiger partial charge in [-0.1, -0.05) is 36.4 Å². The maximum Gasteiger partial charge on any atom is 0.123 e. The Morgan fingerprint density at radius 1 is 0.947 bits per heavy atom. The molecule has 0 aliphatic carbocycles. The third-order valence-electron chi connectivity index (χ3n) is 3.16. The molecular weight excluding hydrogens is 237 g/mol. The predicted octanol–water partition coefficient (Wildman–Crippen LogP) is 3.99. The van der Waals surface area contributed by atoms with Gasteiger partial charge in [0, 0.05) is 0 Å². The average Bonchev–Trinajstić information content (AvgIpc) is 2.39. The molecule has 0 fully saturated rings. The number of benzene rings is 2. The third-order valence-corrected chi connectivity index (χ3v) is 3.16. The van der Waals surface area contributed by atoms with Gasteiger partial charge in [0.1, 0.15) is 5.82 Å². The molecule has 100 valence electrons. The van der Waals surface area contributed by atoms with Gasteiger partial charge in [0.05, 0.1) is 0 Å². The van der Waals surface area contributed by atoms with Gasteiger partial charge in [0.25, 0.3) is 0 Å². The van der Waals surface area contributed by atoms with Crippen LogP contribution in [-0.2, 0) is 6.42 Å². The average molecular weight is 257 g/mol. The van der Waals surface area contributed by atoms with Crippen molar-refractivity contribution in [2.75, 3.05) is 20.6 Å². The monoisotopic (exact) mass is 257 g/mol. The molecule has 2 rings (SSSR count). The van der Waals surface area contributed by atoms with Crippen LogP contribution in [0, 0.1) is 5.82 Å². The summed E-state index contributed by atoms with van der Waals surface area (Å²) in [6.45, 7) is 1.09. The van der Waals surface area contributed by atoms with Gasteiger partial charge in [-0.05, 0) is 62.3 Å². The van der Waals surface area contributed by atoms with Crippen LogP contribution in [0.4, 0.5) is 4.39 Å². The molecule has 0 amide bonds. The molecule has 0 radical (unpaired) electrons. The van der Waals surface area contributed by atoms with Crippen molar-refractivity contribution < 1.29 is 4.39 Å². The fourth-order valence-electron chi connectivity index (χ4n) is 2.17. The van der Waals surface area contributed by atoms with E-state index in [-0.39, 0.29) is 5.82 Å². The predicted molar refractivity (Wildman–Crippen MR) is 78.7 cm³/mol. The minimum atomic E-state index is -0.185. The largest absolute Gasteiger partial charge is 0.309 e. The fourth-order valence-corrected chi connectivity index (χ4v) is 2.17. The van der Waals surface area contributed by atoms with Crippen molar-refractivity contribution in [2.24, 2.45) is 0 Å². The Morgan fingerprint density at radius 3 is 2.32 bits per heavy atom. The molecule has 0 saturated carbocycles. The highest BCUT2D eigenvalue weighted by Crippen LogP contribution is 2.21. The quantitative estimate of drug-likeness (QED) is 0.783. The number of nitrogens with zero attached hydrogens (tertiary/aromatic N) is 1. The van der Waals surface area contributed by atoms with Crippen molar-refractivity contribution in [3.63, 3.8) is 0 Å². The van der Waals surface area contributed by atoms with Gasteiger partial charge in [-0.25, -0.2) is 4.39 Å². The Bertz CT molecular complexity index is 534. The topological polar surface area (TPSA) is 3.24 Å². The molecule has 0 unspecified atom stereocenters. The molecule has 0 atom stereocenters. The van der Waals surface area contributed by atoms with E-state index in [4.69, 9.17) is 0 Å². The minimum absolute atomic E-state index is 0.185. The maximum absolute atomic E-state index is 13.2. The van der Waals surface area contributed by atoms with Crippen LogP contribution >= 0.6 is 0 Å². The first-order valence-corrected chi connectivity index (χ1v) is 6.65.